The summed E-state index contributed by atoms with van der Waals surface area (Å²) in [6.45, 7) is 0.833. The van der Waals surface area contributed by atoms with Crippen molar-refractivity contribution in [3.05, 3.63) is 78.4 Å². The SMILES string of the molecule is COC(=O)COc1cc(O)ccc1NC(=O)CCc1ccccc1OCCCCOc1ccccc1. The average Bonchev–Trinajstić information content (AvgIpc) is 2.90. The Morgan fingerprint density at radius 2 is 1.56 bits per heavy atom. The number of amides is 1. The molecule has 0 aliphatic heterocycles. The van der Waals surface area contributed by atoms with Gasteiger partial charge in [0.1, 0.15) is 23.0 Å². The standard InChI is InChI=1S/C28H31NO7/c1-33-28(32)20-36-26-19-22(30)14-15-24(26)29-27(31)16-13-21-9-5-6-12-25(21)35-18-8-7-17-34-23-10-3-2-4-11-23/h2-6,9-12,14-15,19,30H,7-8,13,16-18,20H2,1H3,(H,29,31). The van der Waals surface area contributed by atoms with Crippen LogP contribution in [0.15, 0.2) is 72.8 Å². The maximum absolute atomic E-state index is 12.6. The number of nitrogens with one attached hydrogen (secondary N) is 1. The molecule has 0 unspecified atom stereocenters. The van der Waals surface area contributed by atoms with Crippen LogP contribution in [0.1, 0.15) is 24.8 Å². The number of hydrogen-bond acceptors (Lipinski definition) is 7. The van der Waals surface area contributed by atoms with E-state index in [0.717, 1.165) is 29.9 Å². The Bertz CT molecular complexity index is 1120. The number of aromatic hydroxyl groups is 1. The molecule has 0 aliphatic rings. The third-order valence-corrected chi connectivity index (χ3v) is 5.21. The normalized spacial score (nSPS) is 10.4. The lowest BCUT2D eigenvalue weighted by molar-refractivity contribution is -0.142. The van der Waals surface area contributed by atoms with Crippen LogP contribution in [0.25, 0.3) is 0 Å². The fourth-order valence-electron chi connectivity index (χ4n) is 3.33. The van der Waals surface area contributed by atoms with Gasteiger partial charge in [0.05, 0.1) is 26.0 Å². The molecule has 0 saturated carbocycles. The summed E-state index contributed by atoms with van der Waals surface area (Å²) in [5, 5.41) is 12.5. The van der Waals surface area contributed by atoms with E-state index in [4.69, 9.17) is 14.2 Å². The second-order valence-corrected chi connectivity index (χ2v) is 7.92. The molecule has 2 N–H and O–H groups in total. The number of carbonyl (C=O) groups excluding carboxylic acids is 2. The van der Waals surface area contributed by atoms with Crippen molar-refractivity contribution >= 4 is 17.6 Å². The summed E-state index contributed by atoms with van der Waals surface area (Å²) in [4.78, 5) is 24.0. The van der Waals surface area contributed by atoms with Gasteiger partial charge in [0.25, 0.3) is 0 Å². The number of hydrogen-bond donors (Lipinski definition) is 2. The molecule has 1 amide bonds. The van der Waals surface area contributed by atoms with Gasteiger partial charge in [-0.1, -0.05) is 36.4 Å². The van der Waals surface area contributed by atoms with Gasteiger partial charge in [0.2, 0.25) is 5.91 Å². The summed E-state index contributed by atoms with van der Waals surface area (Å²) in [6.07, 6.45) is 2.40. The molecular weight excluding hydrogens is 462 g/mol. The number of phenolic OH excluding ortho intramolecular Hbond substituents is 1. The van der Waals surface area contributed by atoms with E-state index in [2.05, 4.69) is 10.1 Å². The first-order valence-corrected chi connectivity index (χ1v) is 11.8. The molecule has 0 bridgehead atoms. The molecule has 0 heterocycles. The van der Waals surface area contributed by atoms with Gasteiger partial charge < -0.3 is 29.4 Å². The molecule has 190 valence electrons. The second-order valence-electron chi connectivity index (χ2n) is 7.92. The smallest absolute Gasteiger partial charge is 0.343 e. The van der Waals surface area contributed by atoms with Crippen molar-refractivity contribution in [2.24, 2.45) is 0 Å². The van der Waals surface area contributed by atoms with Crippen molar-refractivity contribution in [2.75, 3.05) is 32.2 Å². The summed E-state index contributed by atoms with van der Waals surface area (Å²) in [6, 6.07) is 21.6. The molecule has 0 fully saturated rings. The van der Waals surface area contributed by atoms with Crippen LogP contribution in [0.5, 0.6) is 23.0 Å². The average molecular weight is 494 g/mol. The van der Waals surface area contributed by atoms with Crippen molar-refractivity contribution in [2.45, 2.75) is 25.7 Å². The first-order chi connectivity index (χ1) is 17.5. The predicted octanol–water partition coefficient (Wildman–Crippen LogP) is 4.75. The number of para-hydroxylation sites is 2. The molecule has 3 aromatic carbocycles. The molecule has 36 heavy (non-hydrogen) atoms. The zero-order valence-corrected chi connectivity index (χ0v) is 20.3. The van der Waals surface area contributed by atoms with E-state index in [1.165, 1.54) is 25.3 Å². The highest BCUT2D eigenvalue weighted by atomic mass is 16.6. The van der Waals surface area contributed by atoms with E-state index in [9.17, 15) is 14.7 Å². The Morgan fingerprint density at radius 3 is 2.33 bits per heavy atom. The number of unbranched alkanes of at least 4 members (excludes halogenated alkanes) is 1. The molecule has 3 aromatic rings. The molecule has 0 atom stereocenters. The minimum Gasteiger partial charge on any atom is -0.508 e. The van der Waals surface area contributed by atoms with Crippen molar-refractivity contribution < 1.29 is 33.6 Å². The van der Waals surface area contributed by atoms with E-state index in [1.54, 1.807) is 0 Å². The van der Waals surface area contributed by atoms with E-state index in [1.807, 2.05) is 54.6 Å². The summed E-state index contributed by atoms with van der Waals surface area (Å²) >= 11 is 0. The van der Waals surface area contributed by atoms with Crippen LogP contribution < -0.4 is 19.5 Å². The lowest BCUT2D eigenvalue weighted by Gasteiger charge is -2.14. The second kappa shape index (κ2) is 14.3. The quantitative estimate of drug-likeness (QED) is 0.190. The number of ether oxygens (including phenoxy) is 4. The van der Waals surface area contributed by atoms with Gasteiger partial charge in [0.15, 0.2) is 6.61 Å². The Morgan fingerprint density at radius 1 is 0.833 bits per heavy atom. The Kier molecular flexibility index (Phi) is 10.5. The Hall–Kier alpha value is -4.20. The van der Waals surface area contributed by atoms with Crippen LogP contribution >= 0.6 is 0 Å². The van der Waals surface area contributed by atoms with Crippen LogP contribution in [0, 0.1) is 0 Å². The van der Waals surface area contributed by atoms with E-state index in [0.29, 0.717) is 25.3 Å². The van der Waals surface area contributed by atoms with Gasteiger partial charge in [-0.05, 0) is 55.2 Å². The number of rotatable bonds is 14. The molecule has 0 radical (unpaired) electrons. The first kappa shape index (κ1) is 26.4. The summed E-state index contributed by atoms with van der Waals surface area (Å²) in [5.74, 6) is 0.921. The molecule has 0 aromatic heterocycles. The molecule has 8 heteroatoms. The molecule has 8 nitrogen and oxygen atoms in total. The summed E-state index contributed by atoms with van der Waals surface area (Å²) in [5.41, 5.74) is 1.28. The minimum atomic E-state index is -0.573. The van der Waals surface area contributed by atoms with Crippen molar-refractivity contribution in [1.29, 1.82) is 0 Å². The highest BCUT2D eigenvalue weighted by Crippen LogP contribution is 2.29. The summed E-state index contributed by atoms with van der Waals surface area (Å²) in [7, 11) is 1.25. The van der Waals surface area contributed by atoms with Crippen LogP contribution in [0.4, 0.5) is 5.69 Å². The maximum atomic E-state index is 12.6. The van der Waals surface area contributed by atoms with E-state index >= 15 is 0 Å². The Balaban J connectivity index is 1.45. The molecule has 0 saturated heterocycles. The van der Waals surface area contributed by atoms with E-state index in [-0.39, 0.29) is 30.4 Å². The van der Waals surface area contributed by atoms with Crippen LogP contribution in [-0.4, -0.2) is 43.9 Å². The minimum absolute atomic E-state index is 0.0504. The van der Waals surface area contributed by atoms with E-state index < -0.39 is 5.97 Å². The monoisotopic (exact) mass is 493 g/mol. The maximum Gasteiger partial charge on any atom is 0.343 e. The number of anilines is 1. The van der Waals surface area contributed by atoms with Crippen molar-refractivity contribution in [3.8, 4) is 23.0 Å². The molecule has 0 aliphatic carbocycles. The van der Waals surface area contributed by atoms with Crippen LogP contribution in [-0.2, 0) is 20.7 Å². The molecule has 0 spiro atoms. The molecular formula is C28H31NO7. The van der Waals surface area contributed by atoms with Crippen molar-refractivity contribution in [3.63, 3.8) is 0 Å². The summed E-state index contributed by atoms with van der Waals surface area (Å²) < 4.78 is 21.6. The number of esters is 1. The number of benzene rings is 3. The largest absolute Gasteiger partial charge is 0.508 e. The predicted molar refractivity (Wildman–Crippen MR) is 136 cm³/mol. The fraction of sp³-hybridized carbons (Fsp3) is 0.286. The van der Waals surface area contributed by atoms with Gasteiger partial charge in [0, 0.05) is 12.5 Å². The van der Waals surface area contributed by atoms with Gasteiger partial charge in [-0.2, -0.15) is 0 Å². The first-order valence-electron chi connectivity index (χ1n) is 11.8. The zero-order valence-electron chi connectivity index (χ0n) is 20.3. The fourth-order valence-corrected chi connectivity index (χ4v) is 3.33. The lowest BCUT2D eigenvalue weighted by atomic mass is 10.1. The highest BCUT2D eigenvalue weighted by molar-refractivity contribution is 5.92. The number of methoxy groups -OCH3 is 1. The number of phenols is 1. The van der Waals surface area contributed by atoms with Gasteiger partial charge >= 0.3 is 5.97 Å². The number of carbonyl (C=O) groups is 2. The third kappa shape index (κ3) is 8.87. The van der Waals surface area contributed by atoms with Gasteiger partial charge in [-0.15, -0.1) is 0 Å². The van der Waals surface area contributed by atoms with Gasteiger partial charge in [-0.3, -0.25) is 4.79 Å². The van der Waals surface area contributed by atoms with Crippen molar-refractivity contribution in [1.82, 2.24) is 0 Å². The topological polar surface area (TPSA) is 103 Å². The number of aryl methyl sites for hydroxylation is 1. The third-order valence-electron chi connectivity index (χ3n) is 5.21. The van der Waals surface area contributed by atoms with Crippen LogP contribution in [0.3, 0.4) is 0 Å². The lowest BCUT2D eigenvalue weighted by Crippen LogP contribution is -2.16. The zero-order chi connectivity index (χ0) is 25.6. The van der Waals surface area contributed by atoms with Gasteiger partial charge in [-0.25, -0.2) is 4.79 Å². The molecule has 3 rings (SSSR count). The Labute approximate surface area is 210 Å². The van der Waals surface area contributed by atoms with Crippen LogP contribution in [0.2, 0.25) is 0 Å². The highest BCUT2D eigenvalue weighted by Gasteiger charge is 2.12.